The molecule has 1 aliphatic rings. The van der Waals surface area contributed by atoms with E-state index >= 15 is 0 Å². The van der Waals surface area contributed by atoms with Crippen molar-refractivity contribution in [2.24, 2.45) is 0 Å². The Kier molecular flexibility index (Phi) is 4.19. The van der Waals surface area contributed by atoms with Gasteiger partial charge in [-0.3, -0.25) is 4.79 Å². The zero-order valence-electron chi connectivity index (χ0n) is 12.0. The van der Waals surface area contributed by atoms with Crippen molar-refractivity contribution in [2.75, 3.05) is 38.2 Å². The standard InChI is InChI=1S/C14H15FN4O2S/c1-21-11-4-2-3-10(15)13(11)18-5-7-19(8-6-18)14(20)12-9-16-17-22-12/h2-4,9H,5-8H2,1H3. The molecular formula is C14H15FN4O2S. The average molecular weight is 322 g/mol. The molecule has 0 atom stereocenters. The van der Waals surface area contributed by atoms with Gasteiger partial charge in [-0.25, -0.2) is 4.39 Å². The Labute approximate surface area is 131 Å². The SMILES string of the molecule is COc1cccc(F)c1N1CCN(C(=O)c2cnns2)CC1. The third kappa shape index (κ3) is 2.74. The quantitative estimate of drug-likeness (QED) is 0.860. The van der Waals surface area contributed by atoms with Crippen molar-refractivity contribution in [3.63, 3.8) is 0 Å². The maximum absolute atomic E-state index is 14.1. The number of nitrogens with zero attached hydrogens (tertiary/aromatic N) is 4. The summed E-state index contributed by atoms with van der Waals surface area (Å²) in [6, 6.07) is 4.77. The number of hydrogen-bond donors (Lipinski definition) is 0. The maximum Gasteiger partial charge on any atom is 0.267 e. The van der Waals surface area contributed by atoms with Crippen molar-refractivity contribution in [3.05, 3.63) is 35.1 Å². The van der Waals surface area contributed by atoms with E-state index in [1.54, 1.807) is 17.0 Å². The Bertz CT molecular complexity index is 657. The van der Waals surface area contributed by atoms with Gasteiger partial charge in [0.15, 0.2) is 0 Å². The van der Waals surface area contributed by atoms with Crippen molar-refractivity contribution in [2.45, 2.75) is 0 Å². The summed E-state index contributed by atoms with van der Waals surface area (Å²) in [6.07, 6.45) is 1.47. The molecule has 0 aliphatic carbocycles. The third-order valence-electron chi connectivity index (χ3n) is 3.62. The zero-order valence-corrected chi connectivity index (χ0v) is 12.8. The minimum atomic E-state index is -0.314. The van der Waals surface area contributed by atoms with Crippen LogP contribution in [0.5, 0.6) is 5.75 Å². The molecule has 6 nitrogen and oxygen atoms in total. The summed E-state index contributed by atoms with van der Waals surface area (Å²) in [4.78, 5) is 16.4. The fourth-order valence-electron chi connectivity index (χ4n) is 2.52. The predicted octanol–water partition coefficient (Wildman–Crippen LogP) is 1.65. The molecule has 1 fully saturated rings. The van der Waals surface area contributed by atoms with Crippen LogP contribution in [0, 0.1) is 5.82 Å². The van der Waals surface area contributed by atoms with Crippen molar-refractivity contribution in [1.82, 2.24) is 14.5 Å². The second-order valence-corrected chi connectivity index (χ2v) is 5.64. The highest BCUT2D eigenvalue weighted by molar-refractivity contribution is 7.07. The van der Waals surface area contributed by atoms with Crippen molar-refractivity contribution >= 4 is 23.1 Å². The van der Waals surface area contributed by atoms with Crippen molar-refractivity contribution < 1.29 is 13.9 Å². The molecule has 8 heteroatoms. The number of anilines is 1. The van der Waals surface area contributed by atoms with E-state index in [0.717, 1.165) is 11.5 Å². The van der Waals surface area contributed by atoms with Gasteiger partial charge in [-0.05, 0) is 23.7 Å². The third-order valence-corrected chi connectivity index (χ3v) is 4.28. The number of piperazine rings is 1. The van der Waals surface area contributed by atoms with Gasteiger partial charge >= 0.3 is 0 Å². The van der Waals surface area contributed by atoms with Crippen molar-refractivity contribution in [3.8, 4) is 5.75 Å². The van der Waals surface area contributed by atoms with Crippen LogP contribution in [-0.4, -0.2) is 53.7 Å². The second-order valence-electron chi connectivity index (χ2n) is 4.85. The van der Waals surface area contributed by atoms with Crippen LogP contribution >= 0.6 is 11.5 Å². The van der Waals surface area contributed by atoms with Crippen LogP contribution in [0.3, 0.4) is 0 Å². The van der Waals surface area contributed by atoms with Gasteiger partial charge in [0.25, 0.3) is 5.91 Å². The highest BCUT2D eigenvalue weighted by Crippen LogP contribution is 2.31. The number of methoxy groups -OCH3 is 1. The summed E-state index contributed by atoms with van der Waals surface area (Å²) in [5.41, 5.74) is 0.455. The fraction of sp³-hybridized carbons (Fsp3) is 0.357. The molecule has 0 radical (unpaired) electrons. The first-order chi connectivity index (χ1) is 10.7. The molecule has 0 spiro atoms. The number of rotatable bonds is 3. The Morgan fingerprint density at radius 2 is 2.09 bits per heavy atom. The number of amides is 1. The van der Waals surface area contributed by atoms with Gasteiger partial charge in [-0.2, -0.15) is 0 Å². The van der Waals surface area contributed by atoms with Crippen LogP contribution in [0.1, 0.15) is 9.67 Å². The Balaban J connectivity index is 1.71. The van der Waals surface area contributed by atoms with Crippen LogP contribution in [-0.2, 0) is 0 Å². The Hall–Kier alpha value is -2.22. The number of carbonyl (C=O) groups is 1. The van der Waals surface area contributed by atoms with Gasteiger partial charge in [0.1, 0.15) is 22.1 Å². The summed E-state index contributed by atoms with van der Waals surface area (Å²) in [6.45, 7) is 2.15. The van der Waals surface area contributed by atoms with Gasteiger partial charge in [-0.1, -0.05) is 10.6 Å². The van der Waals surface area contributed by atoms with E-state index in [1.165, 1.54) is 19.4 Å². The average Bonchev–Trinajstić information content (AvgIpc) is 3.08. The van der Waals surface area contributed by atoms with Gasteiger partial charge < -0.3 is 14.5 Å². The molecule has 1 amide bonds. The van der Waals surface area contributed by atoms with Crippen LogP contribution < -0.4 is 9.64 Å². The lowest BCUT2D eigenvalue weighted by Gasteiger charge is -2.36. The molecule has 0 N–H and O–H groups in total. The molecule has 22 heavy (non-hydrogen) atoms. The molecule has 0 bridgehead atoms. The molecular weight excluding hydrogens is 307 g/mol. The zero-order chi connectivity index (χ0) is 15.5. The minimum Gasteiger partial charge on any atom is -0.494 e. The molecule has 2 heterocycles. The summed E-state index contributed by atoms with van der Waals surface area (Å²) in [5.74, 6) is 0.118. The highest BCUT2D eigenvalue weighted by atomic mass is 32.1. The fourth-order valence-corrected chi connectivity index (χ4v) is 3.00. The summed E-state index contributed by atoms with van der Waals surface area (Å²) < 4.78 is 23.0. The molecule has 0 saturated carbocycles. The molecule has 1 aromatic heterocycles. The molecule has 1 aliphatic heterocycles. The van der Waals surface area contributed by atoms with E-state index < -0.39 is 0 Å². The molecule has 2 aromatic rings. The van der Waals surface area contributed by atoms with Crippen LogP contribution in [0.4, 0.5) is 10.1 Å². The molecule has 1 aromatic carbocycles. The molecule has 116 valence electrons. The van der Waals surface area contributed by atoms with E-state index in [4.69, 9.17) is 4.74 Å². The van der Waals surface area contributed by atoms with Crippen molar-refractivity contribution in [1.29, 1.82) is 0 Å². The van der Waals surface area contributed by atoms with Crippen LogP contribution in [0.2, 0.25) is 0 Å². The number of ether oxygens (including phenoxy) is 1. The first-order valence-corrected chi connectivity index (χ1v) is 7.62. The molecule has 1 saturated heterocycles. The normalized spacial score (nSPS) is 15.0. The summed E-state index contributed by atoms with van der Waals surface area (Å²) in [5, 5.41) is 3.68. The Morgan fingerprint density at radius 1 is 1.32 bits per heavy atom. The van der Waals surface area contributed by atoms with Crippen LogP contribution in [0.25, 0.3) is 0 Å². The summed E-state index contributed by atoms with van der Waals surface area (Å²) >= 11 is 1.08. The van der Waals surface area contributed by atoms with Gasteiger partial charge in [-0.15, -0.1) is 5.10 Å². The lowest BCUT2D eigenvalue weighted by Crippen LogP contribution is -2.49. The van der Waals surface area contributed by atoms with E-state index in [1.807, 2.05) is 4.90 Å². The second kappa shape index (κ2) is 6.27. The van der Waals surface area contributed by atoms with E-state index in [0.29, 0.717) is 42.5 Å². The first-order valence-electron chi connectivity index (χ1n) is 6.85. The topological polar surface area (TPSA) is 58.6 Å². The molecule has 3 rings (SSSR count). The van der Waals surface area contributed by atoms with Gasteiger partial charge in [0, 0.05) is 26.2 Å². The van der Waals surface area contributed by atoms with Crippen LogP contribution in [0.15, 0.2) is 24.4 Å². The summed E-state index contributed by atoms with van der Waals surface area (Å²) in [7, 11) is 1.52. The maximum atomic E-state index is 14.1. The van der Waals surface area contributed by atoms with E-state index in [9.17, 15) is 9.18 Å². The number of halogens is 1. The number of hydrogen-bond acceptors (Lipinski definition) is 6. The number of aromatic nitrogens is 2. The Morgan fingerprint density at radius 3 is 2.73 bits per heavy atom. The number of carbonyl (C=O) groups excluding carboxylic acids is 1. The van der Waals surface area contributed by atoms with E-state index in [2.05, 4.69) is 9.59 Å². The van der Waals surface area contributed by atoms with Gasteiger partial charge in [0.05, 0.1) is 13.3 Å². The number of para-hydroxylation sites is 1. The van der Waals surface area contributed by atoms with E-state index in [-0.39, 0.29) is 11.7 Å². The smallest absolute Gasteiger partial charge is 0.267 e. The highest BCUT2D eigenvalue weighted by Gasteiger charge is 2.26. The largest absolute Gasteiger partial charge is 0.494 e. The molecule has 0 unspecified atom stereocenters. The minimum absolute atomic E-state index is 0.0739. The number of benzene rings is 1. The lowest BCUT2D eigenvalue weighted by molar-refractivity contribution is 0.0751. The predicted molar refractivity (Wildman–Crippen MR) is 81.0 cm³/mol. The lowest BCUT2D eigenvalue weighted by atomic mass is 10.2. The monoisotopic (exact) mass is 322 g/mol. The van der Waals surface area contributed by atoms with Gasteiger partial charge in [0.2, 0.25) is 0 Å². The first kappa shape index (κ1) is 14.7.